The molecule has 0 saturated heterocycles. The van der Waals surface area contributed by atoms with Crippen molar-refractivity contribution in [3.63, 3.8) is 0 Å². The van der Waals surface area contributed by atoms with E-state index in [1.807, 2.05) is 6.92 Å². The van der Waals surface area contributed by atoms with Gasteiger partial charge < -0.3 is 10.6 Å². The molecule has 1 aromatic heterocycles. The molecule has 118 valence electrons. The van der Waals surface area contributed by atoms with Gasteiger partial charge in [0, 0.05) is 18.5 Å². The van der Waals surface area contributed by atoms with Crippen molar-refractivity contribution >= 4 is 17.3 Å². The van der Waals surface area contributed by atoms with Crippen LogP contribution in [-0.2, 0) is 13.0 Å². The van der Waals surface area contributed by atoms with Crippen molar-refractivity contribution in [2.75, 3.05) is 13.6 Å². The van der Waals surface area contributed by atoms with E-state index in [0.29, 0.717) is 0 Å². The van der Waals surface area contributed by atoms with E-state index in [4.69, 9.17) is 0 Å². The fraction of sp³-hybridized carbons (Fsp3) is 0.412. The lowest BCUT2D eigenvalue weighted by atomic mass is 10.1. The lowest BCUT2D eigenvalue weighted by molar-refractivity contribution is 0.743. The quantitative estimate of drug-likeness (QED) is 0.489. The zero-order valence-electron chi connectivity index (χ0n) is 13.5. The second-order valence-electron chi connectivity index (χ2n) is 5.18. The molecule has 5 heteroatoms. The number of benzene rings is 1. The summed E-state index contributed by atoms with van der Waals surface area (Å²) in [6.45, 7) is 5.78. The SMILES string of the molecule is CN=C(NCCCc1ccccc1)NCc1sc(C)nc1C. The van der Waals surface area contributed by atoms with Crippen molar-refractivity contribution in [1.82, 2.24) is 15.6 Å². The molecule has 2 aromatic rings. The molecule has 0 unspecified atom stereocenters. The number of nitrogens with zero attached hydrogens (tertiary/aromatic N) is 2. The third-order valence-electron chi connectivity index (χ3n) is 3.42. The fourth-order valence-corrected chi connectivity index (χ4v) is 3.14. The van der Waals surface area contributed by atoms with Gasteiger partial charge in [0.2, 0.25) is 0 Å². The summed E-state index contributed by atoms with van der Waals surface area (Å²) in [5, 5.41) is 7.82. The van der Waals surface area contributed by atoms with Crippen LogP contribution in [-0.4, -0.2) is 24.5 Å². The molecular formula is C17H24N4S. The first-order valence-corrected chi connectivity index (χ1v) is 8.42. The molecule has 0 saturated carbocycles. The Bertz CT molecular complexity index is 604. The van der Waals surface area contributed by atoms with Crippen molar-refractivity contribution in [1.29, 1.82) is 0 Å². The molecule has 0 amide bonds. The second-order valence-corrected chi connectivity index (χ2v) is 6.47. The highest BCUT2D eigenvalue weighted by molar-refractivity contribution is 7.11. The normalized spacial score (nSPS) is 11.5. The van der Waals surface area contributed by atoms with Crippen LogP contribution in [0.5, 0.6) is 0 Å². The van der Waals surface area contributed by atoms with Gasteiger partial charge in [0.1, 0.15) is 0 Å². The molecule has 0 aliphatic heterocycles. The highest BCUT2D eigenvalue weighted by Gasteiger charge is 2.05. The van der Waals surface area contributed by atoms with E-state index in [1.165, 1.54) is 10.4 Å². The molecule has 0 bridgehead atoms. The third kappa shape index (κ3) is 5.15. The maximum absolute atomic E-state index is 4.44. The molecule has 1 heterocycles. The Hall–Kier alpha value is -1.88. The number of aryl methyl sites for hydroxylation is 3. The van der Waals surface area contributed by atoms with E-state index in [9.17, 15) is 0 Å². The monoisotopic (exact) mass is 316 g/mol. The number of rotatable bonds is 6. The van der Waals surface area contributed by atoms with Crippen molar-refractivity contribution in [2.24, 2.45) is 4.99 Å². The summed E-state index contributed by atoms with van der Waals surface area (Å²) in [6.07, 6.45) is 2.17. The molecule has 1 aromatic carbocycles. The Kier molecular flexibility index (Phi) is 6.40. The van der Waals surface area contributed by atoms with E-state index in [-0.39, 0.29) is 0 Å². The van der Waals surface area contributed by atoms with Gasteiger partial charge in [-0.05, 0) is 32.3 Å². The number of thiazole rings is 1. The summed E-state index contributed by atoms with van der Waals surface area (Å²) < 4.78 is 0. The highest BCUT2D eigenvalue weighted by atomic mass is 32.1. The Labute approximate surface area is 136 Å². The minimum atomic E-state index is 0.774. The van der Waals surface area contributed by atoms with Gasteiger partial charge in [-0.3, -0.25) is 4.99 Å². The van der Waals surface area contributed by atoms with Gasteiger partial charge in [-0.2, -0.15) is 0 Å². The Balaban J connectivity index is 1.70. The van der Waals surface area contributed by atoms with Gasteiger partial charge in [-0.25, -0.2) is 4.98 Å². The van der Waals surface area contributed by atoms with E-state index >= 15 is 0 Å². The molecule has 22 heavy (non-hydrogen) atoms. The smallest absolute Gasteiger partial charge is 0.191 e. The van der Waals surface area contributed by atoms with Crippen LogP contribution in [0.1, 0.15) is 27.6 Å². The van der Waals surface area contributed by atoms with Crippen LogP contribution in [0, 0.1) is 13.8 Å². The summed E-state index contributed by atoms with van der Waals surface area (Å²) in [5.74, 6) is 0.846. The molecule has 0 radical (unpaired) electrons. The molecule has 0 aliphatic carbocycles. The summed E-state index contributed by atoms with van der Waals surface area (Å²) >= 11 is 1.74. The van der Waals surface area contributed by atoms with Gasteiger partial charge in [0.05, 0.1) is 17.2 Å². The minimum Gasteiger partial charge on any atom is -0.356 e. The van der Waals surface area contributed by atoms with Crippen LogP contribution in [0.3, 0.4) is 0 Å². The van der Waals surface area contributed by atoms with Gasteiger partial charge in [-0.1, -0.05) is 30.3 Å². The average Bonchev–Trinajstić information content (AvgIpc) is 2.85. The summed E-state index contributed by atoms with van der Waals surface area (Å²) in [4.78, 5) is 9.97. The summed E-state index contributed by atoms with van der Waals surface area (Å²) in [7, 11) is 1.80. The number of hydrogen-bond donors (Lipinski definition) is 2. The van der Waals surface area contributed by atoms with Crippen molar-refractivity contribution in [3.05, 3.63) is 51.5 Å². The number of aromatic nitrogens is 1. The van der Waals surface area contributed by atoms with Gasteiger partial charge >= 0.3 is 0 Å². The minimum absolute atomic E-state index is 0.774. The Morgan fingerprint density at radius 2 is 1.95 bits per heavy atom. The van der Waals surface area contributed by atoms with Gasteiger partial charge in [0.25, 0.3) is 0 Å². The van der Waals surface area contributed by atoms with Crippen LogP contribution >= 0.6 is 11.3 Å². The predicted octanol–water partition coefficient (Wildman–Crippen LogP) is 3.06. The zero-order valence-corrected chi connectivity index (χ0v) is 14.3. The average molecular weight is 316 g/mol. The van der Waals surface area contributed by atoms with E-state index in [2.05, 4.69) is 57.9 Å². The van der Waals surface area contributed by atoms with Gasteiger partial charge in [-0.15, -0.1) is 11.3 Å². The summed E-state index contributed by atoms with van der Waals surface area (Å²) in [6, 6.07) is 10.6. The second kappa shape index (κ2) is 8.54. The predicted molar refractivity (Wildman–Crippen MR) is 94.6 cm³/mol. The molecule has 2 N–H and O–H groups in total. The third-order valence-corrected chi connectivity index (χ3v) is 4.49. The number of hydrogen-bond acceptors (Lipinski definition) is 3. The first-order chi connectivity index (χ1) is 10.7. The Morgan fingerprint density at radius 3 is 2.59 bits per heavy atom. The van der Waals surface area contributed by atoms with Crippen LogP contribution in [0.2, 0.25) is 0 Å². The standard InChI is InChI=1S/C17H24N4S/c1-13-16(22-14(2)21-13)12-20-17(18-3)19-11-7-10-15-8-5-4-6-9-15/h4-6,8-9H,7,10-12H2,1-3H3,(H2,18,19,20). The number of aliphatic imine (C=N–C) groups is 1. The van der Waals surface area contributed by atoms with E-state index < -0.39 is 0 Å². The lowest BCUT2D eigenvalue weighted by Gasteiger charge is -2.11. The zero-order chi connectivity index (χ0) is 15.8. The highest BCUT2D eigenvalue weighted by Crippen LogP contribution is 2.16. The number of guanidine groups is 1. The molecule has 4 nitrogen and oxygen atoms in total. The summed E-state index contributed by atoms with van der Waals surface area (Å²) in [5.41, 5.74) is 2.48. The fourth-order valence-electron chi connectivity index (χ4n) is 2.27. The van der Waals surface area contributed by atoms with Crippen molar-refractivity contribution in [3.8, 4) is 0 Å². The van der Waals surface area contributed by atoms with Gasteiger partial charge in [0.15, 0.2) is 5.96 Å². The van der Waals surface area contributed by atoms with Crippen LogP contribution in [0.15, 0.2) is 35.3 Å². The lowest BCUT2D eigenvalue weighted by Crippen LogP contribution is -2.37. The maximum atomic E-state index is 4.44. The molecule has 0 aliphatic rings. The van der Waals surface area contributed by atoms with Crippen molar-refractivity contribution in [2.45, 2.75) is 33.2 Å². The van der Waals surface area contributed by atoms with Crippen LogP contribution in [0.25, 0.3) is 0 Å². The largest absolute Gasteiger partial charge is 0.356 e. The molecule has 2 rings (SSSR count). The first kappa shape index (κ1) is 16.5. The van der Waals surface area contributed by atoms with E-state index in [0.717, 1.165) is 42.6 Å². The first-order valence-electron chi connectivity index (χ1n) is 7.60. The molecule has 0 atom stereocenters. The molecular weight excluding hydrogens is 292 g/mol. The van der Waals surface area contributed by atoms with E-state index in [1.54, 1.807) is 18.4 Å². The molecule has 0 spiro atoms. The van der Waals surface area contributed by atoms with Crippen molar-refractivity contribution < 1.29 is 0 Å². The Morgan fingerprint density at radius 1 is 1.18 bits per heavy atom. The van der Waals surface area contributed by atoms with Crippen LogP contribution in [0.4, 0.5) is 0 Å². The molecule has 0 fully saturated rings. The van der Waals surface area contributed by atoms with Crippen LogP contribution < -0.4 is 10.6 Å². The topological polar surface area (TPSA) is 49.3 Å². The maximum Gasteiger partial charge on any atom is 0.191 e. The number of nitrogens with one attached hydrogen (secondary N) is 2.